The van der Waals surface area contributed by atoms with E-state index in [1.54, 1.807) is 6.92 Å². The van der Waals surface area contributed by atoms with Crippen LogP contribution >= 0.6 is 22.6 Å². The van der Waals surface area contributed by atoms with Gasteiger partial charge in [0.1, 0.15) is 18.8 Å². The second kappa shape index (κ2) is 8.31. The van der Waals surface area contributed by atoms with Gasteiger partial charge in [0, 0.05) is 22.6 Å². The van der Waals surface area contributed by atoms with Crippen molar-refractivity contribution in [2.45, 2.75) is 89.6 Å². The number of rotatable bonds is 5. The van der Waals surface area contributed by atoms with E-state index in [-0.39, 0.29) is 23.9 Å². The Labute approximate surface area is 178 Å². The van der Waals surface area contributed by atoms with Gasteiger partial charge in [-0.15, -0.1) is 5.92 Å². The molecule has 0 aromatic rings. The summed E-state index contributed by atoms with van der Waals surface area (Å²) in [6.45, 7) is 17.3. The van der Waals surface area contributed by atoms with Crippen LogP contribution in [0.25, 0.3) is 0 Å². The molecule has 152 valence electrons. The summed E-state index contributed by atoms with van der Waals surface area (Å²) in [6, 6.07) is 0. The van der Waals surface area contributed by atoms with E-state index in [1.807, 2.05) is 36.4 Å². The van der Waals surface area contributed by atoms with Crippen molar-refractivity contribution < 1.29 is 23.4 Å². The third kappa shape index (κ3) is 5.08. The fraction of sp³-hybridized carbons (Fsp3) is 0.800. The van der Waals surface area contributed by atoms with Crippen molar-refractivity contribution in [1.82, 2.24) is 0 Å². The van der Waals surface area contributed by atoms with Crippen LogP contribution in [0.15, 0.2) is 0 Å². The molecule has 2 rings (SSSR count). The molecule has 2 heterocycles. The maximum absolute atomic E-state index is 6.40. The molecule has 2 aliphatic rings. The lowest BCUT2D eigenvalue weighted by Gasteiger charge is -2.37. The summed E-state index contributed by atoms with van der Waals surface area (Å²) in [6.07, 6.45) is -1.08. The summed E-state index contributed by atoms with van der Waals surface area (Å²) in [4.78, 5) is 0. The van der Waals surface area contributed by atoms with Gasteiger partial charge in [-0.25, -0.2) is 0 Å². The lowest BCUT2D eigenvalue weighted by Crippen LogP contribution is -2.45. The van der Waals surface area contributed by atoms with Crippen molar-refractivity contribution in [1.29, 1.82) is 0 Å². The summed E-state index contributed by atoms with van der Waals surface area (Å²) < 4.78 is 33.7. The molecule has 4 atom stereocenters. The van der Waals surface area contributed by atoms with Gasteiger partial charge in [0.25, 0.3) is 5.79 Å². The number of halogens is 1. The fourth-order valence-corrected chi connectivity index (χ4v) is 4.12. The zero-order valence-electron chi connectivity index (χ0n) is 17.6. The van der Waals surface area contributed by atoms with Crippen molar-refractivity contribution in [2.75, 3.05) is 13.2 Å². The molecular formula is C20H31IO5Si. The van der Waals surface area contributed by atoms with Crippen molar-refractivity contribution >= 4 is 30.9 Å². The van der Waals surface area contributed by atoms with E-state index in [9.17, 15) is 0 Å². The highest BCUT2D eigenvalue weighted by molar-refractivity contribution is 14.1. The van der Waals surface area contributed by atoms with Crippen LogP contribution in [0.5, 0.6) is 0 Å². The first kappa shape index (κ1) is 23.1. The Hall–Kier alpha value is -0.133. The largest absolute Gasteiger partial charge is 0.414 e. The number of ether oxygens (including phenoxy) is 4. The van der Waals surface area contributed by atoms with Gasteiger partial charge in [0.2, 0.25) is 0 Å². The average molecular weight is 506 g/mol. The van der Waals surface area contributed by atoms with Gasteiger partial charge in [-0.3, -0.25) is 0 Å². The smallest absolute Gasteiger partial charge is 0.265 e. The highest BCUT2D eigenvalue weighted by atomic mass is 127. The predicted octanol–water partition coefficient (Wildman–Crippen LogP) is 4.06. The second-order valence-corrected chi connectivity index (χ2v) is 14.2. The first-order valence-corrected chi connectivity index (χ1v) is 13.2. The SMILES string of the molecule is CC#C[C@@]1(OCC#CI)O[C@H](CO[Si](C)(C)C(C)(C)C)[C@H]2OC(C)(C)O[C@H]21. The molecule has 0 radical (unpaired) electrons. The van der Waals surface area contributed by atoms with Gasteiger partial charge in [-0.05, 0) is 48.8 Å². The summed E-state index contributed by atoms with van der Waals surface area (Å²) >= 11 is 1.98. The van der Waals surface area contributed by atoms with Crippen molar-refractivity contribution in [2.24, 2.45) is 0 Å². The number of hydrogen-bond acceptors (Lipinski definition) is 5. The second-order valence-electron chi connectivity index (χ2n) is 8.85. The molecule has 2 saturated heterocycles. The van der Waals surface area contributed by atoms with Gasteiger partial charge >= 0.3 is 0 Å². The Bertz CT molecular complexity index is 664. The predicted molar refractivity (Wildman–Crippen MR) is 116 cm³/mol. The van der Waals surface area contributed by atoms with E-state index in [0.29, 0.717) is 6.61 Å². The van der Waals surface area contributed by atoms with Gasteiger partial charge in [0.15, 0.2) is 20.2 Å². The van der Waals surface area contributed by atoms with Crippen molar-refractivity contribution in [3.8, 4) is 21.7 Å². The fourth-order valence-electron chi connectivity index (χ4n) is 2.95. The molecule has 0 aromatic heterocycles. The molecule has 0 bridgehead atoms. The lowest BCUT2D eigenvalue weighted by atomic mass is 10.1. The van der Waals surface area contributed by atoms with Crippen LogP contribution < -0.4 is 0 Å². The normalized spacial score (nSPS) is 32.3. The van der Waals surface area contributed by atoms with Gasteiger partial charge in [-0.1, -0.05) is 26.7 Å². The third-order valence-corrected chi connectivity index (χ3v) is 10.2. The monoisotopic (exact) mass is 506 g/mol. The van der Waals surface area contributed by atoms with Crippen LogP contribution in [-0.2, 0) is 23.4 Å². The van der Waals surface area contributed by atoms with Crippen LogP contribution in [-0.4, -0.2) is 51.4 Å². The molecule has 2 fully saturated rings. The van der Waals surface area contributed by atoms with Gasteiger partial charge < -0.3 is 23.4 Å². The Morgan fingerprint density at radius 1 is 1.15 bits per heavy atom. The zero-order chi connectivity index (χ0) is 20.5. The summed E-state index contributed by atoms with van der Waals surface area (Å²) in [5.74, 6) is 6.95. The highest BCUT2D eigenvalue weighted by Crippen LogP contribution is 2.45. The molecule has 0 aromatic carbocycles. The topological polar surface area (TPSA) is 46.2 Å². The zero-order valence-corrected chi connectivity index (χ0v) is 20.7. The molecule has 0 aliphatic carbocycles. The van der Waals surface area contributed by atoms with E-state index < -0.39 is 26.0 Å². The molecule has 7 heteroatoms. The molecule has 5 nitrogen and oxygen atoms in total. The van der Waals surface area contributed by atoms with Crippen molar-refractivity contribution in [3.63, 3.8) is 0 Å². The van der Waals surface area contributed by atoms with E-state index >= 15 is 0 Å². The third-order valence-electron chi connectivity index (χ3n) is 5.34. The Morgan fingerprint density at radius 2 is 1.81 bits per heavy atom. The Kier molecular flexibility index (Phi) is 7.13. The van der Waals surface area contributed by atoms with E-state index in [0.717, 1.165) is 0 Å². The molecule has 27 heavy (non-hydrogen) atoms. The van der Waals surface area contributed by atoms with E-state index in [2.05, 4.69) is 55.6 Å². The van der Waals surface area contributed by atoms with Gasteiger partial charge in [-0.2, -0.15) is 0 Å². The molecule has 0 saturated carbocycles. The van der Waals surface area contributed by atoms with Crippen LogP contribution in [0.1, 0.15) is 41.5 Å². The molecule has 0 spiro atoms. The van der Waals surface area contributed by atoms with Crippen molar-refractivity contribution in [3.05, 3.63) is 0 Å². The first-order chi connectivity index (χ1) is 12.4. The molecular weight excluding hydrogens is 475 g/mol. The minimum absolute atomic E-state index is 0.115. The minimum Gasteiger partial charge on any atom is -0.414 e. The lowest BCUT2D eigenvalue weighted by molar-refractivity contribution is -0.264. The Balaban J connectivity index is 2.25. The molecule has 0 N–H and O–H groups in total. The molecule has 0 unspecified atom stereocenters. The average Bonchev–Trinajstić information content (AvgIpc) is 2.98. The molecule has 0 amide bonds. The maximum Gasteiger partial charge on any atom is 0.265 e. The number of fused-ring (bicyclic) bond motifs is 1. The van der Waals surface area contributed by atoms with E-state index in [4.69, 9.17) is 23.4 Å². The van der Waals surface area contributed by atoms with Gasteiger partial charge in [0.05, 0.1) is 6.61 Å². The van der Waals surface area contributed by atoms with E-state index in [1.165, 1.54) is 0 Å². The maximum atomic E-state index is 6.40. The standard InChI is InChI=1S/C20H31IO5Si/c1-9-11-20(22-13-10-12-21)17-16(25-19(5,6)26-17)15(24-20)14-23-27(7,8)18(2,3)4/h15-17H,13-14H2,1-8H3/t15-,16-,17-,20-/m1/s1. The molecule has 2 aliphatic heterocycles. The van der Waals surface area contributed by atoms with Crippen LogP contribution in [0, 0.1) is 21.7 Å². The van der Waals surface area contributed by atoms with Crippen LogP contribution in [0.4, 0.5) is 0 Å². The first-order valence-electron chi connectivity index (χ1n) is 9.21. The summed E-state index contributed by atoms with van der Waals surface area (Å²) in [5.41, 5.74) is 0. The minimum atomic E-state index is -1.92. The highest BCUT2D eigenvalue weighted by Gasteiger charge is 2.64. The quantitative estimate of drug-likeness (QED) is 0.320. The Morgan fingerprint density at radius 3 is 2.37 bits per heavy atom. The number of hydrogen-bond donors (Lipinski definition) is 0. The van der Waals surface area contributed by atoms with Crippen LogP contribution in [0.3, 0.4) is 0 Å². The van der Waals surface area contributed by atoms with Crippen LogP contribution in [0.2, 0.25) is 18.1 Å². The summed E-state index contributed by atoms with van der Waals surface area (Å²) in [5, 5.41) is 0.115. The summed E-state index contributed by atoms with van der Waals surface area (Å²) in [7, 11) is -1.92.